The average Bonchev–Trinajstić information content (AvgIpc) is 2.31. The molecule has 7 heteroatoms. The minimum atomic E-state index is -0.942. The molecule has 1 aromatic rings. The Morgan fingerprint density at radius 1 is 1.56 bits per heavy atom. The van der Waals surface area contributed by atoms with Gasteiger partial charge in [0.15, 0.2) is 0 Å². The Morgan fingerprint density at radius 3 is 2.89 bits per heavy atom. The zero-order valence-corrected chi connectivity index (χ0v) is 9.48. The number of nitro benzene ring substituents is 1. The van der Waals surface area contributed by atoms with Gasteiger partial charge in [0.1, 0.15) is 0 Å². The fourth-order valence-corrected chi connectivity index (χ4v) is 1.22. The fourth-order valence-electron chi connectivity index (χ4n) is 1.22. The van der Waals surface area contributed by atoms with Gasteiger partial charge in [0.2, 0.25) is 11.7 Å². The number of hydrogen-bond donors (Lipinski definition) is 2. The Labute approximate surface area is 103 Å². The number of carbonyl (C=O) groups is 1. The van der Waals surface area contributed by atoms with Crippen LogP contribution in [0.5, 0.6) is 0 Å². The predicted octanol–water partition coefficient (Wildman–Crippen LogP) is 1.45. The summed E-state index contributed by atoms with van der Waals surface area (Å²) in [5.74, 6) is -1.32. The van der Waals surface area contributed by atoms with E-state index in [9.17, 15) is 19.3 Å². The van der Waals surface area contributed by atoms with E-state index in [1.807, 2.05) is 0 Å². The van der Waals surface area contributed by atoms with Gasteiger partial charge in [-0.05, 0) is 12.1 Å². The monoisotopic (exact) mass is 253 g/mol. The van der Waals surface area contributed by atoms with Crippen molar-refractivity contribution in [3.05, 3.63) is 46.8 Å². The van der Waals surface area contributed by atoms with E-state index in [4.69, 9.17) is 0 Å². The number of amides is 1. The van der Waals surface area contributed by atoms with E-state index in [1.54, 1.807) is 6.08 Å². The van der Waals surface area contributed by atoms with Crippen LogP contribution in [0.3, 0.4) is 0 Å². The highest BCUT2D eigenvalue weighted by atomic mass is 19.1. The molecule has 0 fully saturated rings. The Kier molecular flexibility index (Phi) is 4.94. The van der Waals surface area contributed by atoms with Crippen molar-refractivity contribution < 1.29 is 14.1 Å². The summed E-state index contributed by atoms with van der Waals surface area (Å²) >= 11 is 0. The van der Waals surface area contributed by atoms with Gasteiger partial charge >= 0.3 is 5.69 Å². The van der Waals surface area contributed by atoms with E-state index in [1.165, 1.54) is 6.07 Å². The van der Waals surface area contributed by atoms with Crippen LogP contribution in [0.1, 0.15) is 0 Å². The van der Waals surface area contributed by atoms with Crippen LogP contribution in [0.4, 0.5) is 15.8 Å². The second-order valence-corrected chi connectivity index (χ2v) is 3.39. The van der Waals surface area contributed by atoms with Crippen LogP contribution in [0.15, 0.2) is 30.9 Å². The Bertz CT molecular complexity index is 477. The lowest BCUT2D eigenvalue weighted by Gasteiger charge is -2.05. The molecular formula is C11H12FN3O3. The van der Waals surface area contributed by atoms with E-state index in [0.717, 1.165) is 12.1 Å². The number of hydrogen-bond acceptors (Lipinski definition) is 4. The van der Waals surface area contributed by atoms with E-state index in [2.05, 4.69) is 17.2 Å². The van der Waals surface area contributed by atoms with Gasteiger partial charge in [0.05, 0.1) is 11.5 Å². The van der Waals surface area contributed by atoms with E-state index < -0.39 is 16.4 Å². The number of halogens is 1. The molecule has 0 heterocycles. The van der Waals surface area contributed by atoms with Crippen LogP contribution in [-0.4, -0.2) is 23.9 Å². The van der Waals surface area contributed by atoms with Crippen LogP contribution >= 0.6 is 0 Å². The zero-order valence-electron chi connectivity index (χ0n) is 9.48. The van der Waals surface area contributed by atoms with Crippen LogP contribution in [0.25, 0.3) is 0 Å². The first-order chi connectivity index (χ1) is 8.54. The quantitative estimate of drug-likeness (QED) is 0.348. The molecule has 0 bridgehead atoms. The molecule has 6 nitrogen and oxygen atoms in total. The van der Waals surface area contributed by atoms with Gasteiger partial charge in [-0.25, -0.2) is 0 Å². The summed E-state index contributed by atoms with van der Waals surface area (Å²) in [6.07, 6.45) is 1.59. The van der Waals surface area contributed by atoms with Crippen molar-refractivity contribution >= 4 is 17.3 Å². The van der Waals surface area contributed by atoms with E-state index in [0.29, 0.717) is 6.54 Å². The highest BCUT2D eigenvalue weighted by Crippen LogP contribution is 2.21. The molecule has 0 saturated carbocycles. The van der Waals surface area contributed by atoms with Crippen molar-refractivity contribution in [3.8, 4) is 0 Å². The Balaban J connectivity index is 2.67. The number of rotatable bonds is 6. The van der Waals surface area contributed by atoms with Crippen molar-refractivity contribution in [1.29, 1.82) is 0 Å². The molecule has 0 aromatic heterocycles. The highest BCUT2D eigenvalue weighted by molar-refractivity contribution is 5.92. The summed E-state index contributed by atoms with van der Waals surface area (Å²) in [7, 11) is 0. The van der Waals surface area contributed by atoms with Crippen molar-refractivity contribution in [2.24, 2.45) is 0 Å². The maximum Gasteiger partial charge on any atom is 0.306 e. The van der Waals surface area contributed by atoms with Gasteiger partial charge in [0, 0.05) is 18.3 Å². The minimum Gasteiger partial charge on any atom is -0.325 e. The normalized spacial score (nSPS) is 9.83. The fraction of sp³-hybridized carbons (Fsp3) is 0.182. The van der Waals surface area contributed by atoms with Crippen LogP contribution < -0.4 is 10.6 Å². The molecule has 0 spiro atoms. The summed E-state index contributed by atoms with van der Waals surface area (Å²) in [6.45, 7) is 3.98. The van der Waals surface area contributed by atoms with Crippen LogP contribution in [-0.2, 0) is 4.79 Å². The largest absolute Gasteiger partial charge is 0.325 e. The van der Waals surface area contributed by atoms with Crippen LogP contribution in [0.2, 0.25) is 0 Å². The average molecular weight is 253 g/mol. The van der Waals surface area contributed by atoms with Crippen molar-refractivity contribution in [1.82, 2.24) is 5.32 Å². The predicted molar refractivity (Wildman–Crippen MR) is 64.8 cm³/mol. The third kappa shape index (κ3) is 3.95. The molecule has 0 saturated heterocycles. The molecule has 0 atom stereocenters. The van der Waals surface area contributed by atoms with Gasteiger partial charge in [-0.3, -0.25) is 14.9 Å². The second-order valence-electron chi connectivity index (χ2n) is 3.39. The van der Waals surface area contributed by atoms with Crippen molar-refractivity contribution in [2.45, 2.75) is 0 Å². The van der Waals surface area contributed by atoms with Gasteiger partial charge in [-0.1, -0.05) is 6.08 Å². The van der Waals surface area contributed by atoms with Crippen LogP contribution in [0, 0.1) is 15.9 Å². The second kappa shape index (κ2) is 6.45. The SMILES string of the molecule is C=CCNCC(=O)Nc1ccc(F)c([N+](=O)[O-])c1. The molecule has 0 aliphatic carbocycles. The topological polar surface area (TPSA) is 84.3 Å². The lowest BCUT2D eigenvalue weighted by Crippen LogP contribution is -2.28. The molecule has 0 radical (unpaired) electrons. The number of nitrogens with zero attached hydrogens (tertiary/aromatic N) is 1. The number of carbonyl (C=O) groups excluding carboxylic acids is 1. The van der Waals surface area contributed by atoms with Gasteiger partial charge in [-0.2, -0.15) is 4.39 Å². The summed E-state index contributed by atoms with van der Waals surface area (Å²) < 4.78 is 13.0. The maximum atomic E-state index is 13.0. The van der Waals surface area contributed by atoms with Gasteiger partial charge in [0.25, 0.3) is 0 Å². The zero-order chi connectivity index (χ0) is 13.5. The third-order valence-electron chi connectivity index (χ3n) is 2.00. The Hall–Kier alpha value is -2.28. The molecule has 0 aliphatic rings. The summed E-state index contributed by atoms with van der Waals surface area (Å²) in [5.41, 5.74) is -0.500. The molecule has 0 aliphatic heterocycles. The smallest absolute Gasteiger partial charge is 0.306 e. The van der Waals surface area contributed by atoms with E-state index >= 15 is 0 Å². The lowest BCUT2D eigenvalue weighted by molar-refractivity contribution is -0.387. The first kappa shape index (κ1) is 13.8. The third-order valence-corrected chi connectivity index (χ3v) is 2.00. The molecule has 0 unspecified atom stereocenters. The van der Waals surface area contributed by atoms with Crippen molar-refractivity contribution in [2.75, 3.05) is 18.4 Å². The molecule has 96 valence electrons. The summed E-state index contributed by atoms with van der Waals surface area (Å²) in [4.78, 5) is 21.0. The lowest BCUT2D eigenvalue weighted by atomic mass is 10.2. The Morgan fingerprint density at radius 2 is 2.28 bits per heavy atom. The summed E-state index contributed by atoms with van der Waals surface area (Å²) in [6, 6.07) is 3.17. The highest BCUT2D eigenvalue weighted by Gasteiger charge is 2.15. The number of nitro groups is 1. The first-order valence-electron chi connectivity index (χ1n) is 5.10. The summed E-state index contributed by atoms with van der Waals surface area (Å²) in [5, 5.41) is 15.7. The molecule has 18 heavy (non-hydrogen) atoms. The molecule has 1 aromatic carbocycles. The van der Waals surface area contributed by atoms with Gasteiger partial charge in [-0.15, -0.1) is 6.58 Å². The minimum absolute atomic E-state index is 0.0389. The van der Waals surface area contributed by atoms with E-state index in [-0.39, 0.29) is 18.1 Å². The standard InChI is InChI=1S/C11H12FN3O3/c1-2-5-13-7-11(16)14-8-3-4-9(12)10(6-8)15(17)18/h2-4,6,13H,1,5,7H2,(H,14,16). The van der Waals surface area contributed by atoms with Gasteiger partial charge < -0.3 is 10.6 Å². The number of anilines is 1. The molecule has 1 rings (SSSR count). The van der Waals surface area contributed by atoms with Crippen molar-refractivity contribution in [3.63, 3.8) is 0 Å². The number of benzene rings is 1. The first-order valence-corrected chi connectivity index (χ1v) is 5.10. The molecule has 2 N–H and O–H groups in total. The molecular weight excluding hydrogens is 241 g/mol. The molecule has 1 amide bonds. The number of nitrogens with one attached hydrogen (secondary N) is 2. The maximum absolute atomic E-state index is 13.0.